The summed E-state index contributed by atoms with van der Waals surface area (Å²) in [6.45, 7) is 5.08. The third-order valence-corrected chi connectivity index (χ3v) is 5.03. The first-order chi connectivity index (χ1) is 12.6. The highest BCUT2D eigenvalue weighted by atomic mass is 79.9. The Morgan fingerprint density at radius 3 is 2.59 bits per heavy atom. The van der Waals surface area contributed by atoms with Gasteiger partial charge in [0, 0.05) is 17.7 Å². The van der Waals surface area contributed by atoms with Crippen molar-refractivity contribution < 1.29 is 13.2 Å². The molecular formula is C19H18BrF3N4. The number of alkyl halides is 3. The second kappa shape index (κ2) is 7.07. The highest BCUT2D eigenvalue weighted by molar-refractivity contribution is 9.10. The lowest BCUT2D eigenvalue weighted by atomic mass is 9.97. The summed E-state index contributed by atoms with van der Waals surface area (Å²) in [5.41, 5.74) is 1.23. The van der Waals surface area contributed by atoms with Crippen LogP contribution >= 0.6 is 15.9 Å². The number of rotatable bonds is 2. The van der Waals surface area contributed by atoms with Crippen molar-refractivity contribution in [3.63, 3.8) is 0 Å². The third kappa shape index (κ3) is 3.76. The normalized spacial score (nSPS) is 14.0. The molecule has 3 rings (SSSR count). The molecule has 0 saturated carbocycles. The van der Waals surface area contributed by atoms with Gasteiger partial charge in [0.2, 0.25) is 0 Å². The first-order valence-electron chi connectivity index (χ1n) is 8.29. The maximum Gasteiger partial charge on any atom is 0.416 e. The van der Waals surface area contributed by atoms with Gasteiger partial charge in [-0.05, 0) is 60.0 Å². The van der Waals surface area contributed by atoms with Crippen molar-refractivity contribution in [1.29, 1.82) is 0 Å². The van der Waals surface area contributed by atoms with Crippen LogP contribution < -0.4 is 5.49 Å². The summed E-state index contributed by atoms with van der Waals surface area (Å²) in [4.78, 5) is 13.6. The molecule has 0 aliphatic rings. The van der Waals surface area contributed by atoms with Crippen molar-refractivity contribution in [2.24, 2.45) is 12.0 Å². The van der Waals surface area contributed by atoms with E-state index in [-0.39, 0.29) is 5.56 Å². The standard InChI is InChI=1S/C19H18BrF3N4/c1-10-14(6-5-7-16(10)19(21,22)23)11(2)25-17-15-8-13(20)9-24-18(15)27(4)12(3)26-17/h5-9,11H,1-4H3. The first kappa shape index (κ1) is 19.5. The quantitative estimate of drug-likeness (QED) is 0.563. The molecule has 1 aromatic carbocycles. The smallest absolute Gasteiger partial charge is 0.317 e. The largest absolute Gasteiger partial charge is 0.416 e. The van der Waals surface area contributed by atoms with Gasteiger partial charge in [0.15, 0.2) is 5.49 Å². The van der Waals surface area contributed by atoms with Crippen LogP contribution in [0, 0.1) is 13.8 Å². The van der Waals surface area contributed by atoms with E-state index in [1.165, 1.54) is 13.0 Å². The van der Waals surface area contributed by atoms with Crippen LogP contribution in [0.1, 0.15) is 35.5 Å². The van der Waals surface area contributed by atoms with Gasteiger partial charge >= 0.3 is 6.18 Å². The molecule has 0 radical (unpaired) electrons. The van der Waals surface area contributed by atoms with Gasteiger partial charge < -0.3 is 4.57 Å². The molecular weight excluding hydrogens is 421 g/mol. The molecule has 0 aliphatic heterocycles. The highest BCUT2D eigenvalue weighted by Gasteiger charge is 2.33. The molecule has 1 unspecified atom stereocenters. The maximum atomic E-state index is 13.2. The van der Waals surface area contributed by atoms with E-state index in [0.717, 1.165) is 15.9 Å². The van der Waals surface area contributed by atoms with Crippen molar-refractivity contribution in [2.75, 3.05) is 0 Å². The zero-order chi connectivity index (χ0) is 19.9. The predicted molar refractivity (Wildman–Crippen MR) is 101 cm³/mol. The van der Waals surface area contributed by atoms with Gasteiger partial charge in [-0.25, -0.2) is 9.97 Å². The molecule has 142 valence electrons. The number of hydrogen-bond acceptors (Lipinski definition) is 3. The average Bonchev–Trinajstić information content (AvgIpc) is 2.58. The summed E-state index contributed by atoms with van der Waals surface area (Å²) >= 11 is 3.40. The van der Waals surface area contributed by atoms with Gasteiger partial charge in [0.05, 0.1) is 17.0 Å². The zero-order valence-electron chi connectivity index (χ0n) is 15.3. The monoisotopic (exact) mass is 438 g/mol. The molecule has 2 heterocycles. The van der Waals surface area contributed by atoms with Crippen LogP contribution in [-0.4, -0.2) is 14.5 Å². The van der Waals surface area contributed by atoms with E-state index in [1.807, 2.05) is 24.6 Å². The van der Waals surface area contributed by atoms with E-state index in [1.54, 1.807) is 19.2 Å². The Kier molecular flexibility index (Phi) is 5.12. The van der Waals surface area contributed by atoms with E-state index in [2.05, 4.69) is 30.9 Å². The van der Waals surface area contributed by atoms with E-state index in [0.29, 0.717) is 22.5 Å². The molecule has 0 bridgehead atoms. The fourth-order valence-corrected chi connectivity index (χ4v) is 3.40. The first-order valence-corrected chi connectivity index (χ1v) is 9.08. The van der Waals surface area contributed by atoms with E-state index < -0.39 is 17.8 Å². The summed E-state index contributed by atoms with van der Waals surface area (Å²) in [6, 6.07) is 5.54. The van der Waals surface area contributed by atoms with E-state index in [4.69, 9.17) is 0 Å². The summed E-state index contributed by atoms with van der Waals surface area (Å²) < 4.78 is 42.3. The number of aromatic nitrogens is 3. The average molecular weight is 439 g/mol. The number of benzene rings is 1. The Labute approximate surface area is 162 Å². The molecule has 2 aromatic heterocycles. The third-order valence-electron chi connectivity index (χ3n) is 4.59. The number of nitrogens with zero attached hydrogens (tertiary/aromatic N) is 4. The molecule has 0 N–H and O–H groups in total. The van der Waals surface area contributed by atoms with Crippen molar-refractivity contribution in [3.05, 3.63) is 62.9 Å². The minimum absolute atomic E-state index is 0.183. The van der Waals surface area contributed by atoms with Gasteiger partial charge in [-0.3, -0.25) is 4.99 Å². The summed E-state index contributed by atoms with van der Waals surface area (Å²) in [6.07, 6.45) is -2.71. The SMILES string of the molecule is Cc1c(C(C)N=c2nc(C)n(C)c3ncc(Br)cc23)cccc1C(F)(F)F. The molecule has 0 aliphatic carbocycles. The lowest BCUT2D eigenvalue weighted by Gasteiger charge is -2.16. The van der Waals surface area contributed by atoms with Gasteiger partial charge in [-0.15, -0.1) is 0 Å². The second-order valence-electron chi connectivity index (χ2n) is 6.39. The van der Waals surface area contributed by atoms with Crippen molar-refractivity contribution in [2.45, 2.75) is 33.0 Å². The Morgan fingerprint density at radius 2 is 1.93 bits per heavy atom. The summed E-state index contributed by atoms with van der Waals surface area (Å²) in [5, 5.41) is 0.731. The fraction of sp³-hybridized carbons (Fsp3) is 0.316. The Balaban J connectivity index is 2.21. The number of fused-ring (bicyclic) bond motifs is 1. The Bertz CT molecular complexity index is 1090. The van der Waals surface area contributed by atoms with Gasteiger partial charge in [-0.1, -0.05) is 12.1 Å². The summed E-state index contributed by atoms with van der Waals surface area (Å²) in [5.74, 6) is 0.712. The Hall–Kier alpha value is -2.22. The number of pyridine rings is 1. The predicted octanol–water partition coefficient (Wildman–Crippen LogP) is 5.03. The van der Waals surface area contributed by atoms with Crippen LogP contribution in [0.15, 0.2) is 39.9 Å². The molecule has 0 saturated heterocycles. The topological polar surface area (TPSA) is 43.1 Å². The van der Waals surface area contributed by atoms with E-state index >= 15 is 0 Å². The van der Waals surface area contributed by atoms with Crippen molar-refractivity contribution in [1.82, 2.24) is 14.5 Å². The van der Waals surface area contributed by atoms with Crippen molar-refractivity contribution in [3.8, 4) is 0 Å². The van der Waals surface area contributed by atoms with Crippen LogP contribution in [-0.2, 0) is 13.2 Å². The molecule has 1 atom stereocenters. The maximum absolute atomic E-state index is 13.2. The van der Waals surface area contributed by atoms with Gasteiger partial charge in [0.25, 0.3) is 0 Å². The van der Waals surface area contributed by atoms with Crippen LogP contribution in [0.4, 0.5) is 13.2 Å². The van der Waals surface area contributed by atoms with Crippen LogP contribution in [0.2, 0.25) is 0 Å². The molecule has 0 fully saturated rings. The zero-order valence-corrected chi connectivity index (χ0v) is 16.9. The second-order valence-corrected chi connectivity index (χ2v) is 7.30. The minimum Gasteiger partial charge on any atom is -0.317 e. The fourth-order valence-electron chi connectivity index (χ4n) is 3.07. The van der Waals surface area contributed by atoms with Crippen LogP contribution in [0.5, 0.6) is 0 Å². The number of halogens is 4. The van der Waals surface area contributed by atoms with Crippen LogP contribution in [0.3, 0.4) is 0 Å². The molecule has 8 heteroatoms. The lowest BCUT2D eigenvalue weighted by Crippen LogP contribution is -2.19. The highest BCUT2D eigenvalue weighted by Crippen LogP contribution is 2.35. The molecule has 0 amide bonds. The molecule has 4 nitrogen and oxygen atoms in total. The number of hydrogen-bond donors (Lipinski definition) is 0. The molecule has 0 spiro atoms. The van der Waals surface area contributed by atoms with Crippen LogP contribution in [0.25, 0.3) is 11.0 Å². The van der Waals surface area contributed by atoms with Gasteiger partial charge in [-0.2, -0.15) is 13.2 Å². The minimum atomic E-state index is -4.39. The summed E-state index contributed by atoms with van der Waals surface area (Å²) in [7, 11) is 1.86. The lowest BCUT2D eigenvalue weighted by molar-refractivity contribution is -0.138. The Morgan fingerprint density at radius 1 is 1.22 bits per heavy atom. The van der Waals surface area contributed by atoms with E-state index in [9.17, 15) is 13.2 Å². The van der Waals surface area contributed by atoms with Gasteiger partial charge in [0.1, 0.15) is 11.5 Å². The van der Waals surface area contributed by atoms with Crippen molar-refractivity contribution >= 4 is 27.0 Å². The number of aryl methyl sites for hydroxylation is 2. The molecule has 27 heavy (non-hydrogen) atoms. The molecule has 3 aromatic rings.